The number of hydrogen-bond donors (Lipinski definition) is 1. The van der Waals surface area contributed by atoms with Crippen LogP contribution in [0.15, 0.2) is 18.2 Å². The second kappa shape index (κ2) is 6.46. The summed E-state index contributed by atoms with van der Waals surface area (Å²) in [5.41, 5.74) is 7.24. The van der Waals surface area contributed by atoms with Gasteiger partial charge in [-0.1, -0.05) is 6.07 Å². The predicted molar refractivity (Wildman–Crippen MR) is 71.9 cm³/mol. The van der Waals surface area contributed by atoms with Gasteiger partial charge in [-0.2, -0.15) is 16.8 Å². The topological polar surface area (TPSA) is 94.3 Å². The van der Waals surface area contributed by atoms with E-state index in [2.05, 4.69) is 0 Å². The average Bonchev–Trinajstić information content (AvgIpc) is 2.27. The van der Waals surface area contributed by atoms with Gasteiger partial charge in [-0.25, -0.2) is 0 Å². The molecule has 1 aliphatic rings. The second-order valence-electron chi connectivity index (χ2n) is 3.70. The van der Waals surface area contributed by atoms with E-state index in [-0.39, 0.29) is 74.0 Å². The van der Waals surface area contributed by atoms with E-state index in [1.54, 1.807) is 18.2 Å². The van der Waals surface area contributed by atoms with Crippen LogP contribution >= 0.6 is 0 Å². The van der Waals surface area contributed by atoms with Crippen molar-refractivity contribution in [2.45, 2.75) is 12.8 Å². The molecule has 0 heterocycles. The molecule has 0 spiro atoms. The smallest absolute Gasteiger partial charge is 0.218 e. The van der Waals surface area contributed by atoms with Crippen LogP contribution in [0, 0.1) is 0 Å². The molecule has 1 aliphatic carbocycles. The van der Waals surface area contributed by atoms with Crippen LogP contribution in [0.2, 0.25) is 0 Å². The monoisotopic (exact) mass is 310 g/mol. The van der Waals surface area contributed by atoms with Crippen LogP contribution in [-0.2, 0) is 27.0 Å². The first kappa shape index (κ1) is 16.1. The van der Waals surface area contributed by atoms with Crippen LogP contribution < -0.4 is 5.73 Å². The number of nitrogen functional groups attached to an aromatic ring is 1. The van der Waals surface area contributed by atoms with Crippen molar-refractivity contribution in [1.82, 2.24) is 0 Å². The predicted octanol–water partition coefficient (Wildman–Crippen LogP) is -0.715. The van der Waals surface area contributed by atoms with Gasteiger partial charge in [0, 0.05) is 69.9 Å². The largest absolute Gasteiger partial charge is 0.399 e. The third-order valence-corrected chi connectivity index (χ3v) is 4.14. The molecule has 0 saturated carbocycles. The van der Waals surface area contributed by atoms with Crippen LogP contribution in [-0.4, -0.2) is 77.9 Å². The Morgan fingerprint density at radius 2 is 1.67 bits per heavy atom. The van der Waals surface area contributed by atoms with Crippen LogP contribution in [0.25, 0.3) is 0 Å². The third-order valence-electron chi connectivity index (χ3n) is 2.62. The summed E-state index contributed by atoms with van der Waals surface area (Å²) in [5, 5.41) is 0. The number of anilines is 1. The van der Waals surface area contributed by atoms with Crippen molar-refractivity contribution in [2.75, 3.05) is 5.73 Å². The Morgan fingerprint density at radius 1 is 1.00 bits per heavy atom. The summed E-state index contributed by atoms with van der Waals surface area (Å²) in [6.45, 7) is 0. The third kappa shape index (κ3) is 3.32. The Bertz CT molecular complexity index is 747. The molecule has 0 bridgehead atoms. The molecule has 1 radical (unpaired) electrons. The van der Waals surface area contributed by atoms with Gasteiger partial charge >= 0.3 is 0 Å². The standard InChI is InChI=1S/C10H9NO4S2.K/c11-7-2-1-6-3-8(16(12)13)5-10(17(14)15)9(6)4-7;/h1-2,4H,3,5,11H2;. The molecule has 0 unspecified atom stereocenters. The van der Waals surface area contributed by atoms with E-state index in [0.29, 0.717) is 16.8 Å². The second-order valence-corrected chi connectivity index (χ2v) is 5.71. The Labute approximate surface area is 150 Å². The van der Waals surface area contributed by atoms with Crippen LogP contribution in [0.1, 0.15) is 17.5 Å². The molecule has 0 aromatic heterocycles. The van der Waals surface area contributed by atoms with E-state index in [9.17, 15) is 16.8 Å². The van der Waals surface area contributed by atoms with E-state index < -0.39 is 20.6 Å². The number of hydrogen-bond acceptors (Lipinski definition) is 5. The summed E-state index contributed by atoms with van der Waals surface area (Å²) < 4.78 is 44.1. The SMILES string of the molecule is Nc1ccc2c(c1)C(=S(=O)=O)CC(=S(=O)=O)C2.[K]. The van der Waals surface area contributed by atoms with Crippen molar-refractivity contribution in [1.29, 1.82) is 0 Å². The van der Waals surface area contributed by atoms with Crippen molar-refractivity contribution in [2.24, 2.45) is 0 Å². The molecule has 0 amide bonds. The van der Waals surface area contributed by atoms with Crippen molar-refractivity contribution >= 4 is 87.4 Å². The molecule has 18 heavy (non-hydrogen) atoms. The number of rotatable bonds is 0. The molecule has 1 aromatic carbocycles. The van der Waals surface area contributed by atoms with Crippen molar-refractivity contribution in [3.63, 3.8) is 0 Å². The molecule has 0 aliphatic heterocycles. The molecule has 0 atom stereocenters. The fourth-order valence-electron chi connectivity index (χ4n) is 1.82. The first-order chi connectivity index (χ1) is 7.99. The molecule has 0 fully saturated rings. The molecule has 8 heteroatoms. The molecule has 2 N–H and O–H groups in total. The molecule has 91 valence electrons. The van der Waals surface area contributed by atoms with E-state index in [1.807, 2.05) is 0 Å². The Balaban J connectivity index is 0.00000162. The van der Waals surface area contributed by atoms with E-state index in [1.165, 1.54) is 0 Å². The number of nitrogens with two attached hydrogens (primary N) is 1. The summed E-state index contributed by atoms with van der Waals surface area (Å²) in [4.78, 5) is 0.263. The van der Waals surface area contributed by atoms with Gasteiger partial charge in [0.1, 0.15) is 0 Å². The quantitative estimate of drug-likeness (QED) is 0.388. The van der Waals surface area contributed by atoms with E-state index >= 15 is 0 Å². The Kier molecular flexibility index (Phi) is 5.78. The Morgan fingerprint density at radius 3 is 2.22 bits per heavy atom. The molecular weight excluding hydrogens is 301 g/mol. The summed E-state index contributed by atoms with van der Waals surface area (Å²) in [5.74, 6) is 0. The van der Waals surface area contributed by atoms with Crippen LogP contribution in [0.5, 0.6) is 0 Å². The zero-order valence-corrected chi connectivity index (χ0v) is 14.4. The van der Waals surface area contributed by atoms with Crippen molar-refractivity contribution in [3.8, 4) is 0 Å². The minimum Gasteiger partial charge on any atom is -0.399 e. The van der Waals surface area contributed by atoms with Crippen LogP contribution in [0.4, 0.5) is 5.69 Å². The fourth-order valence-corrected chi connectivity index (χ4v) is 3.11. The average molecular weight is 310 g/mol. The van der Waals surface area contributed by atoms with E-state index in [0.717, 1.165) is 0 Å². The zero-order chi connectivity index (χ0) is 12.6. The van der Waals surface area contributed by atoms with Gasteiger partial charge in [0.25, 0.3) is 0 Å². The van der Waals surface area contributed by atoms with Gasteiger partial charge in [0.2, 0.25) is 20.6 Å². The zero-order valence-electron chi connectivity index (χ0n) is 9.67. The van der Waals surface area contributed by atoms with Gasteiger partial charge in [-0.05, 0) is 23.3 Å². The summed E-state index contributed by atoms with van der Waals surface area (Å²) >= 11 is 0. The van der Waals surface area contributed by atoms with Gasteiger partial charge < -0.3 is 5.73 Å². The van der Waals surface area contributed by atoms with E-state index in [4.69, 9.17) is 5.73 Å². The maximum absolute atomic E-state index is 11.1. The summed E-state index contributed by atoms with van der Waals surface area (Å²) in [7, 11) is -4.80. The summed E-state index contributed by atoms with van der Waals surface area (Å²) in [6.07, 6.45) is 0.176. The first-order valence-corrected chi connectivity index (χ1v) is 6.92. The molecular formula is C10H9KNO4S2. The Hall–Kier alpha value is 0.0364. The molecule has 0 saturated heterocycles. The van der Waals surface area contributed by atoms with Crippen molar-refractivity contribution < 1.29 is 16.8 Å². The minimum absolute atomic E-state index is 0. The van der Waals surface area contributed by atoms with Gasteiger partial charge in [-0.15, -0.1) is 0 Å². The van der Waals surface area contributed by atoms with Crippen LogP contribution in [0.3, 0.4) is 0 Å². The first-order valence-electron chi connectivity index (χ1n) is 4.77. The minimum atomic E-state index is -2.44. The summed E-state index contributed by atoms with van der Waals surface area (Å²) in [6, 6.07) is 4.84. The van der Waals surface area contributed by atoms with Crippen molar-refractivity contribution in [3.05, 3.63) is 29.3 Å². The maximum Gasteiger partial charge on any atom is 0.218 e. The molecule has 5 nitrogen and oxygen atoms in total. The number of fused-ring (bicyclic) bond motifs is 1. The van der Waals surface area contributed by atoms with Gasteiger partial charge in [0.05, 0.1) is 9.73 Å². The number of benzene rings is 1. The normalized spacial score (nSPS) is 13.6. The molecule has 1 aromatic rings. The van der Waals surface area contributed by atoms with Gasteiger partial charge in [0.15, 0.2) is 0 Å². The fraction of sp³-hybridized carbons (Fsp3) is 0.200. The van der Waals surface area contributed by atoms with Gasteiger partial charge in [-0.3, -0.25) is 0 Å². The molecule has 2 rings (SSSR count). The maximum atomic E-state index is 11.1.